The molecule has 39 heavy (non-hydrogen) atoms. The van der Waals surface area contributed by atoms with Crippen LogP contribution in [0.5, 0.6) is 5.75 Å². The molecule has 0 spiro atoms. The smallest absolute Gasteiger partial charge is 0.148 e. The molecule has 0 bridgehead atoms. The number of sulfone groups is 1. The van der Waals surface area contributed by atoms with Crippen LogP contribution in [0.4, 0.5) is 15.9 Å². The van der Waals surface area contributed by atoms with Crippen molar-refractivity contribution in [3.63, 3.8) is 0 Å². The number of fused-ring (bicyclic) bond motifs is 1. The Morgan fingerprint density at radius 1 is 0.974 bits per heavy atom. The Morgan fingerprint density at radius 3 is 2.62 bits per heavy atom. The van der Waals surface area contributed by atoms with Gasteiger partial charge in [0.15, 0.2) is 0 Å². The van der Waals surface area contributed by atoms with Crippen molar-refractivity contribution in [2.75, 3.05) is 23.9 Å². The lowest BCUT2D eigenvalue weighted by Crippen LogP contribution is -2.21. The molecule has 0 saturated carbocycles. The van der Waals surface area contributed by atoms with Crippen LogP contribution in [-0.4, -0.2) is 36.9 Å². The maximum Gasteiger partial charge on any atom is 0.148 e. The van der Waals surface area contributed by atoms with Gasteiger partial charge in [0.1, 0.15) is 45.9 Å². The van der Waals surface area contributed by atoms with Gasteiger partial charge in [-0.2, -0.15) is 0 Å². The number of halogens is 1. The van der Waals surface area contributed by atoms with E-state index in [4.69, 9.17) is 9.15 Å². The number of furan rings is 1. The second kappa shape index (κ2) is 11.6. The number of nitrogens with zero attached hydrogens (tertiary/aromatic N) is 2. The lowest BCUT2D eigenvalue weighted by molar-refractivity contribution is 0.305. The molecular formula is C29H27FN4O4S. The van der Waals surface area contributed by atoms with Crippen molar-refractivity contribution in [3.05, 3.63) is 102 Å². The van der Waals surface area contributed by atoms with Crippen LogP contribution in [0.1, 0.15) is 11.1 Å². The Bertz CT molecular complexity index is 1690. The van der Waals surface area contributed by atoms with Crippen LogP contribution in [0.2, 0.25) is 0 Å². The zero-order valence-electron chi connectivity index (χ0n) is 21.2. The van der Waals surface area contributed by atoms with Crippen LogP contribution in [0.15, 0.2) is 89.8 Å². The Morgan fingerprint density at radius 2 is 1.82 bits per heavy atom. The molecule has 0 aliphatic carbocycles. The van der Waals surface area contributed by atoms with Crippen LogP contribution in [0.25, 0.3) is 22.2 Å². The van der Waals surface area contributed by atoms with Gasteiger partial charge in [-0.05, 0) is 60.2 Å². The van der Waals surface area contributed by atoms with Crippen LogP contribution >= 0.6 is 0 Å². The zero-order valence-corrected chi connectivity index (χ0v) is 22.0. The molecule has 2 aromatic heterocycles. The summed E-state index contributed by atoms with van der Waals surface area (Å²) in [6.07, 6.45) is 4.38. The van der Waals surface area contributed by atoms with E-state index >= 15 is 0 Å². The molecule has 0 unspecified atom stereocenters. The largest absolute Gasteiger partial charge is 0.489 e. The van der Waals surface area contributed by atoms with E-state index in [1.54, 1.807) is 12.3 Å². The summed E-state index contributed by atoms with van der Waals surface area (Å²) in [7, 11) is -3.00. The standard InChI is InChI=1S/C29H27FN4O4S/c1-39(35,36)12-11-31-16-21-14-28(38-18-21)22-5-10-26-27(15-22)32-19-33-29(26)34-24-6-8-25(9-7-24)37-17-20-3-2-4-23(30)13-20/h2-10,13-15,18-19,31H,11-12,16-17H2,1H3,(H,32,33,34). The van der Waals surface area contributed by atoms with E-state index in [9.17, 15) is 12.8 Å². The predicted octanol–water partition coefficient (Wildman–Crippen LogP) is 5.49. The fourth-order valence-electron chi connectivity index (χ4n) is 3.98. The number of anilines is 2. The van der Waals surface area contributed by atoms with Crippen LogP contribution in [-0.2, 0) is 23.0 Å². The SMILES string of the molecule is CS(=O)(=O)CCNCc1coc(-c2ccc3c(Nc4ccc(OCc5cccc(F)c5)cc4)ncnc3c2)c1. The Hall–Kier alpha value is -4.28. The summed E-state index contributed by atoms with van der Waals surface area (Å²) in [4.78, 5) is 8.84. The Labute approximate surface area is 225 Å². The third-order valence-electron chi connectivity index (χ3n) is 5.97. The fraction of sp³-hybridized carbons (Fsp3) is 0.172. The molecule has 0 fully saturated rings. The van der Waals surface area contributed by atoms with E-state index in [0.29, 0.717) is 30.4 Å². The van der Waals surface area contributed by atoms with Crippen molar-refractivity contribution in [2.24, 2.45) is 0 Å². The molecule has 2 heterocycles. The zero-order chi connectivity index (χ0) is 27.2. The Kier molecular flexibility index (Phi) is 7.85. The third kappa shape index (κ3) is 7.18. The molecule has 0 amide bonds. The molecule has 10 heteroatoms. The van der Waals surface area contributed by atoms with E-state index in [0.717, 1.165) is 33.3 Å². The lowest BCUT2D eigenvalue weighted by atomic mass is 10.1. The van der Waals surface area contributed by atoms with Gasteiger partial charge in [-0.25, -0.2) is 22.8 Å². The summed E-state index contributed by atoms with van der Waals surface area (Å²) in [5.41, 5.74) is 4.14. The number of hydrogen-bond acceptors (Lipinski definition) is 8. The van der Waals surface area contributed by atoms with E-state index in [1.807, 2.05) is 54.6 Å². The van der Waals surface area contributed by atoms with E-state index in [1.165, 1.54) is 24.7 Å². The highest BCUT2D eigenvalue weighted by Crippen LogP contribution is 2.29. The molecule has 0 aliphatic rings. The van der Waals surface area contributed by atoms with Crippen molar-refractivity contribution in [1.82, 2.24) is 15.3 Å². The summed E-state index contributed by atoms with van der Waals surface area (Å²) in [6.45, 7) is 1.17. The predicted molar refractivity (Wildman–Crippen MR) is 149 cm³/mol. The third-order valence-corrected chi connectivity index (χ3v) is 6.91. The first-order valence-corrected chi connectivity index (χ1v) is 14.3. The molecular weight excluding hydrogens is 519 g/mol. The highest BCUT2D eigenvalue weighted by molar-refractivity contribution is 7.90. The molecule has 200 valence electrons. The molecule has 5 aromatic rings. The molecule has 0 atom stereocenters. The van der Waals surface area contributed by atoms with Gasteiger partial charge in [0, 0.05) is 41.5 Å². The van der Waals surface area contributed by atoms with Crippen LogP contribution in [0.3, 0.4) is 0 Å². The van der Waals surface area contributed by atoms with Gasteiger partial charge in [0.25, 0.3) is 0 Å². The molecule has 0 radical (unpaired) electrons. The van der Waals surface area contributed by atoms with Gasteiger partial charge < -0.3 is 19.8 Å². The highest BCUT2D eigenvalue weighted by atomic mass is 32.2. The fourth-order valence-corrected chi connectivity index (χ4v) is 4.50. The summed E-state index contributed by atoms with van der Waals surface area (Å²) in [6, 6.07) is 21.5. The van der Waals surface area contributed by atoms with Crippen LogP contribution in [0, 0.1) is 5.82 Å². The number of benzene rings is 3. The van der Waals surface area contributed by atoms with Crippen molar-refractivity contribution < 1.29 is 22.0 Å². The summed E-state index contributed by atoms with van der Waals surface area (Å²) in [5, 5.41) is 7.29. The molecule has 8 nitrogen and oxygen atoms in total. The van der Waals surface area contributed by atoms with Gasteiger partial charge >= 0.3 is 0 Å². The molecule has 3 aromatic carbocycles. The normalized spacial score (nSPS) is 11.5. The van der Waals surface area contributed by atoms with Gasteiger partial charge in [-0.3, -0.25) is 0 Å². The molecule has 0 aliphatic heterocycles. The van der Waals surface area contributed by atoms with E-state index < -0.39 is 9.84 Å². The van der Waals surface area contributed by atoms with Crippen molar-refractivity contribution in [2.45, 2.75) is 13.2 Å². The number of ether oxygens (including phenoxy) is 1. The molecule has 2 N–H and O–H groups in total. The second-order valence-electron chi connectivity index (χ2n) is 9.15. The minimum Gasteiger partial charge on any atom is -0.489 e. The summed E-state index contributed by atoms with van der Waals surface area (Å²) < 4.78 is 47.4. The van der Waals surface area contributed by atoms with E-state index in [2.05, 4.69) is 20.6 Å². The first-order valence-electron chi connectivity index (χ1n) is 12.3. The van der Waals surface area contributed by atoms with Crippen molar-refractivity contribution in [3.8, 4) is 17.1 Å². The first kappa shape index (κ1) is 26.3. The van der Waals surface area contributed by atoms with E-state index in [-0.39, 0.29) is 18.2 Å². The second-order valence-corrected chi connectivity index (χ2v) is 11.4. The first-order chi connectivity index (χ1) is 18.8. The monoisotopic (exact) mass is 546 g/mol. The van der Waals surface area contributed by atoms with Gasteiger partial charge in [0.2, 0.25) is 0 Å². The quantitative estimate of drug-likeness (QED) is 0.210. The minimum absolute atomic E-state index is 0.0902. The maximum absolute atomic E-state index is 13.4. The Balaban J connectivity index is 1.23. The molecule has 0 saturated heterocycles. The average Bonchev–Trinajstić information content (AvgIpc) is 3.39. The summed E-state index contributed by atoms with van der Waals surface area (Å²) in [5.74, 6) is 1.83. The van der Waals surface area contributed by atoms with Gasteiger partial charge in [0.05, 0.1) is 17.5 Å². The number of aromatic nitrogens is 2. The summed E-state index contributed by atoms with van der Waals surface area (Å²) >= 11 is 0. The lowest BCUT2D eigenvalue weighted by Gasteiger charge is -2.10. The maximum atomic E-state index is 13.4. The average molecular weight is 547 g/mol. The van der Waals surface area contributed by atoms with Gasteiger partial charge in [-0.1, -0.05) is 18.2 Å². The number of rotatable bonds is 11. The van der Waals surface area contributed by atoms with Crippen molar-refractivity contribution in [1.29, 1.82) is 0 Å². The minimum atomic E-state index is -3.00. The van der Waals surface area contributed by atoms with Gasteiger partial charge in [-0.15, -0.1) is 0 Å². The highest BCUT2D eigenvalue weighted by Gasteiger charge is 2.10. The van der Waals surface area contributed by atoms with Crippen molar-refractivity contribution >= 4 is 32.2 Å². The van der Waals surface area contributed by atoms with Crippen LogP contribution < -0.4 is 15.4 Å². The topological polar surface area (TPSA) is 106 Å². The number of hydrogen-bond donors (Lipinski definition) is 2. The molecule has 5 rings (SSSR count). The number of nitrogens with one attached hydrogen (secondary N) is 2.